The molecule has 0 amide bonds. The predicted molar refractivity (Wildman–Crippen MR) is 55.1 cm³/mol. The summed E-state index contributed by atoms with van der Waals surface area (Å²) >= 11 is 1.59. The van der Waals surface area contributed by atoms with E-state index in [0.29, 0.717) is 11.5 Å². The molecular formula is C10H10O3S. The van der Waals surface area contributed by atoms with Crippen molar-refractivity contribution in [3.8, 4) is 0 Å². The van der Waals surface area contributed by atoms with E-state index in [4.69, 9.17) is 9.52 Å². The molecule has 0 radical (unpaired) electrons. The summed E-state index contributed by atoms with van der Waals surface area (Å²) in [7, 11) is 0. The van der Waals surface area contributed by atoms with Gasteiger partial charge >= 0.3 is 5.97 Å². The standard InChI is InChI=1S/C10H10O3S/c1-5(2)8-3-6-9(14-8)4-7(13-6)10(11)12/h3-5H,1-2H3,(H,11,12). The van der Waals surface area contributed by atoms with Crippen LogP contribution in [0.5, 0.6) is 0 Å². The van der Waals surface area contributed by atoms with E-state index >= 15 is 0 Å². The average Bonchev–Trinajstić information content (AvgIpc) is 2.57. The van der Waals surface area contributed by atoms with Gasteiger partial charge in [-0.2, -0.15) is 0 Å². The molecule has 0 aliphatic rings. The average molecular weight is 210 g/mol. The number of furan rings is 1. The smallest absolute Gasteiger partial charge is 0.371 e. The maximum absolute atomic E-state index is 10.6. The molecule has 2 aromatic heterocycles. The second kappa shape index (κ2) is 3.13. The summed E-state index contributed by atoms with van der Waals surface area (Å²) in [5.41, 5.74) is 0.677. The molecule has 0 aromatic carbocycles. The van der Waals surface area contributed by atoms with Crippen LogP contribution in [0.3, 0.4) is 0 Å². The van der Waals surface area contributed by atoms with Gasteiger partial charge in [0.25, 0.3) is 0 Å². The van der Waals surface area contributed by atoms with Gasteiger partial charge in [-0.05, 0) is 12.0 Å². The summed E-state index contributed by atoms with van der Waals surface area (Å²) in [6.45, 7) is 4.20. The first kappa shape index (κ1) is 9.27. The van der Waals surface area contributed by atoms with E-state index in [1.807, 2.05) is 6.07 Å². The first-order chi connectivity index (χ1) is 6.58. The fraction of sp³-hybridized carbons (Fsp3) is 0.300. The van der Waals surface area contributed by atoms with Crippen molar-refractivity contribution in [3.05, 3.63) is 22.8 Å². The van der Waals surface area contributed by atoms with Gasteiger partial charge in [-0.25, -0.2) is 4.79 Å². The lowest BCUT2D eigenvalue weighted by Gasteiger charge is -1.96. The Bertz CT molecular complexity index is 447. The monoisotopic (exact) mass is 210 g/mol. The van der Waals surface area contributed by atoms with Crippen molar-refractivity contribution >= 4 is 27.6 Å². The van der Waals surface area contributed by atoms with E-state index in [-0.39, 0.29) is 5.76 Å². The molecule has 0 unspecified atom stereocenters. The first-order valence-corrected chi connectivity index (χ1v) is 5.16. The van der Waals surface area contributed by atoms with E-state index in [1.165, 1.54) is 4.88 Å². The highest BCUT2D eigenvalue weighted by Gasteiger charge is 2.14. The molecule has 0 bridgehead atoms. The predicted octanol–water partition coefficient (Wildman–Crippen LogP) is 3.32. The Morgan fingerprint density at radius 2 is 2.21 bits per heavy atom. The molecule has 2 rings (SSSR count). The van der Waals surface area contributed by atoms with Gasteiger partial charge in [0, 0.05) is 10.9 Å². The van der Waals surface area contributed by atoms with Gasteiger partial charge in [0.15, 0.2) is 0 Å². The van der Waals surface area contributed by atoms with Gasteiger partial charge in [-0.3, -0.25) is 0 Å². The van der Waals surface area contributed by atoms with Gasteiger partial charge in [0.2, 0.25) is 5.76 Å². The molecular weight excluding hydrogens is 200 g/mol. The van der Waals surface area contributed by atoms with Crippen LogP contribution in [0.4, 0.5) is 0 Å². The second-order valence-electron chi connectivity index (χ2n) is 3.45. The highest BCUT2D eigenvalue weighted by molar-refractivity contribution is 7.19. The number of fused-ring (bicyclic) bond motifs is 1. The van der Waals surface area contributed by atoms with Crippen LogP contribution in [-0.4, -0.2) is 11.1 Å². The topological polar surface area (TPSA) is 50.4 Å². The SMILES string of the molecule is CC(C)c1cc2oc(C(=O)O)cc2s1. The third kappa shape index (κ3) is 1.42. The van der Waals surface area contributed by atoms with Crippen molar-refractivity contribution in [2.24, 2.45) is 0 Å². The lowest BCUT2D eigenvalue weighted by atomic mass is 10.2. The van der Waals surface area contributed by atoms with Crippen LogP contribution in [0.2, 0.25) is 0 Å². The molecule has 0 saturated heterocycles. The van der Waals surface area contributed by atoms with Gasteiger partial charge in [0.1, 0.15) is 5.58 Å². The number of carboxylic acids is 1. The van der Waals surface area contributed by atoms with E-state index in [1.54, 1.807) is 17.4 Å². The Morgan fingerprint density at radius 1 is 1.50 bits per heavy atom. The minimum Gasteiger partial charge on any atom is -0.475 e. The molecule has 4 heteroatoms. The van der Waals surface area contributed by atoms with Gasteiger partial charge in [-0.15, -0.1) is 11.3 Å². The first-order valence-electron chi connectivity index (χ1n) is 4.34. The zero-order valence-electron chi connectivity index (χ0n) is 7.90. The molecule has 0 aliphatic carbocycles. The Labute approximate surface area is 85.0 Å². The molecule has 0 atom stereocenters. The van der Waals surface area contributed by atoms with Gasteiger partial charge in [-0.1, -0.05) is 13.8 Å². The summed E-state index contributed by atoms with van der Waals surface area (Å²) in [4.78, 5) is 11.8. The Hall–Kier alpha value is -1.29. The van der Waals surface area contributed by atoms with Crippen LogP contribution in [0.25, 0.3) is 10.3 Å². The summed E-state index contributed by atoms with van der Waals surface area (Å²) in [5, 5.41) is 8.69. The zero-order valence-corrected chi connectivity index (χ0v) is 8.72. The van der Waals surface area contributed by atoms with Crippen molar-refractivity contribution in [1.82, 2.24) is 0 Å². The lowest BCUT2D eigenvalue weighted by molar-refractivity contribution is 0.0665. The van der Waals surface area contributed by atoms with E-state index in [2.05, 4.69) is 13.8 Å². The third-order valence-corrected chi connectivity index (χ3v) is 3.37. The summed E-state index contributed by atoms with van der Waals surface area (Å²) < 4.78 is 6.08. The van der Waals surface area contributed by atoms with E-state index < -0.39 is 5.97 Å². The lowest BCUT2D eigenvalue weighted by Crippen LogP contribution is -1.91. The zero-order chi connectivity index (χ0) is 10.3. The number of carboxylic acid groups (broad SMARTS) is 1. The minimum absolute atomic E-state index is 0.0153. The number of hydrogen-bond donors (Lipinski definition) is 1. The summed E-state index contributed by atoms with van der Waals surface area (Å²) in [6, 6.07) is 3.49. The summed E-state index contributed by atoms with van der Waals surface area (Å²) in [5.74, 6) is -0.545. The molecule has 0 fully saturated rings. The molecule has 0 aliphatic heterocycles. The van der Waals surface area contributed by atoms with E-state index in [0.717, 1.165) is 4.70 Å². The van der Waals surface area contributed by atoms with Crippen LogP contribution in [0, 0.1) is 0 Å². The van der Waals surface area contributed by atoms with Crippen LogP contribution >= 0.6 is 11.3 Å². The molecule has 2 aromatic rings. The van der Waals surface area contributed by atoms with Crippen LogP contribution in [0.15, 0.2) is 16.5 Å². The van der Waals surface area contributed by atoms with Crippen molar-refractivity contribution in [3.63, 3.8) is 0 Å². The van der Waals surface area contributed by atoms with Crippen LogP contribution in [-0.2, 0) is 0 Å². The molecule has 1 N–H and O–H groups in total. The maximum Gasteiger partial charge on any atom is 0.371 e. The van der Waals surface area contributed by atoms with Crippen LogP contribution < -0.4 is 0 Å². The minimum atomic E-state index is -1.01. The molecule has 2 heterocycles. The van der Waals surface area contributed by atoms with Crippen molar-refractivity contribution in [2.45, 2.75) is 19.8 Å². The number of carbonyl (C=O) groups is 1. The van der Waals surface area contributed by atoms with Crippen molar-refractivity contribution in [1.29, 1.82) is 0 Å². The molecule has 0 spiro atoms. The Morgan fingerprint density at radius 3 is 2.71 bits per heavy atom. The molecule has 3 nitrogen and oxygen atoms in total. The highest BCUT2D eigenvalue weighted by Crippen LogP contribution is 2.32. The third-order valence-electron chi connectivity index (χ3n) is 2.01. The quantitative estimate of drug-likeness (QED) is 0.827. The maximum atomic E-state index is 10.6. The molecule has 0 saturated carbocycles. The van der Waals surface area contributed by atoms with Crippen molar-refractivity contribution in [2.75, 3.05) is 0 Å². The number of aromatic carboxylic acids is 1. The Kier molecular flexibility index (Phi) is 2.07. The Balaban J connectivity index is 2.50. The number of rotatable bonds is 2. The largest absolute Gasteiger partial charge is 0.475 e. The summed E-state index contributed by atoms with van der Waals surface area (Å²) in [6.07, 6.45) is 0. The highest BCUT2D eigenvalue weighted by atomic mass is 32.1. The number of thiophene rings is 1. The van der Waals surface area contributed by atoms with Crippen molar-refractivity contribution < 1.29 is 14.3 Å². The second-order valence-corrected chi connectivity index (χ2v) is 4.56. The number of hydrogen-bond acceptors (Lipinski definition) is 3. The normalized spacial score (nSPS) is 11.4. The van der Waals surface area contributed by atoms with Gasteiger partial charge in [0.05, 0.1) is 4.70 Å². The van der Waals surface area contributed by atoms with Gasteiger partial charge < -0.3 is 9.52 Å². The molecule has 74 valence electrons. The fourth-order valence-electron chi connectivity index (χ4n) is 1.24. The van der Waals surface area contributed by atoms with E-state index in [9.17, 15) is 4.79 Å². The fourth-order valence-corrected chi connectivity index (χ4v) is 2.27. The van der Waals surface area contributed by atoms with Crippen LogP contribution in [0.1, 0.15) is 35.2 Å². The molecule has 14 heavy (non-hydrogen) atoms.